The van der Waals surface area contributed by atoms with Gasteiger partial charge in [-0.15, -0.1) is 0 Å². The van der Waals surface area contributed by atoms with E-state index in [1.165, 1.54) is 10.4 Å². The first kappa shape index (κ1) is 21.7. The lowest BCUT2D eigenvalue weighted by atomic mass is 9.93. The van der Waals surface area contributed by atoms with Gasteiger partial charge in [0.25, 0.3) is 8.32 Å². The fourth-order valence-corrected chi connectivity index (χ4v) is 9.77. The van der Waals surface area contributed by atoms with Crippen LogP contribution in [0, 0.1) is 0 Å². The molecule has 0 aliphatic heterocycles. The number of hydrogen-bond acceptors (Lipinski definition) is 3. The number of aldehydes is 1. The highest BCUT2D eigenvalue weighted by Gasteiger charge is 2.51. The Kier molecular flexibility index (Phi) is 6.26. The van der Waals surface area contributed by atoms with Crippen LogP contribution in [0.3, 0.4) is 0 Å². The summed E-state index contributed by atoms with van der Waals surface area (Å²) in [7, 11) is -2.51. The monoisotopic (exact) mass is 432 g/mol. The molecule has 31 heavy (non-hydrogen) atoms. The minimum absolute atomic E-state index is 0.00420. The van der Waals surface area contributed by atoms with Crippen LogP contribution in [-0.2, 0) is 4.43 Å². The zero-order valence-electron chi connectivity index (χ0n) is 18.7. The molecule has 1 aliphatic carbocycles. The molecule has 4 nitrogen and oxygen atoms in total. The normalized spacial score (nSPS) is 19.8. The van der Waals surface area contributed by atoms with E-state index in [0.717, 1.165) is 32.0 Å². The van der Waals surface area contributed by atoms with E-state index in [1.807, 2.05) is 6.20 Å². The van der Waals surface area contributed by atoms with Crippen molar-refractivity contribution in [2.75, 3.05) is 0 Å². The molecule has 0 radical (unpaired) electrons. The molecule has 4 rings (SSSR count). The molecule has 0 atom stereocenters. The molecule has 162 valence electrons. The molecule has 5 heteroatoms. The lowest BCUT2D eigenvalue weighted by Crippen LogP contribution is -2.67. The van der Waals surface area contributed by atoms with Crippen LogP contribution in [-0.4, -0.2) is 30.3 Å². The maximum atomic E-state index is 11.0. The number of nitrogens with zero attached hydrogens (tertiary/aromatic N) is 2. The van der Waals surface area contributed by atoms with Crippen molar-refractivity contribution in [3.63, 3.8) is 0 Å². The van der Waals surface area contributed by atoms with E-state index >= 15 is 0 Å². The Labute approximate surface area is 186 Å². The van der Waals surface area contributed by atoms with Gasteiger partial charge in [-0.2, -0.15) is 0 Å². The average molecular weight is 433 g/mol. The van der Waals surface area contributed by atoms with Crippen molar-refractivity contribution in [1.29, 1.82) is 0 Å². The van der Waals surface area contributed by atoms with E-state index in [1.54, 1.807) is 6.33 Å². The summed E-state index contributed by atoms with van der Waals surface area (Å²) in [6, 6.07) is 22.1. The molecule has 0 amide bonds. The first-order valence-corrected chi connectivity index (χ1v) is 13.1. The van der Waals surface area contributed by atoms with Gasteiger partial charge in [0, 0.05) is 18.3 Å². The predicted octanol–water partition coefficient (Wildman–Crippen LogP) is 4.76. The molecule has 0 unspecified atom stereocenters. The SMILES string of the molecule is CC(C)(C)[Si](OC1CCC(n2cnc(C=O)c2)CC1)(c1ccccc1)c1ccccc1. The Balaban J connectivity index is 1.62. The highest BCUT2D eigenvalue weighted by atomic mass is 28.4. The second kappa shape index (κ2) is 8.93. The summed E-state index contributed by atoms with van der Waals surface area (Å²) in [4.78, 5) is 15.2. The van der Waals surface area contributed by atoms with Crippen molar-refractivity contribution in [3.8, 4) is 0 Å². The van der Waals surface area contributed by atoms with Gasteiger partial charge in [-0.05, 0) is 41.1 Å². The van der Waals surface area contributed by atoms with Crippen LogP contribution in [0.25, 0.3) is 0 Å². The largest absolute Gasteiger partial charge is 0.404 e. The van der Waals surface area contributed by atoms with Crippen molar-refractivity contribution in [3.05, 3.63) is 78.9 Å². The minimum Gasteiger partial charge on any atom is -0.404 e. The Hall–Kier alpha value is -2.50. The van der Waals surface area contributed by atoms with Crippen LogP contribution < -0.4 is 10.4 Å². The third-order valence-electron chi connectivity index (χ3n) is 6.57. The summed E-state index contributed by atoms with van der Waals surface area (Å²) in [5, 5.41) is 2.66. The third-order valence-corrected chi connectivity index (χ3v) is 11.7. The highest BCUT2D eigenvalue weighted by molar-refractivity contribution is 6.99. The van der Waals surface area contributed by atoms with Crippen LogP contribution >= 0.6 is 0 Å². The molecule has 1 fully saturated rings. The molecule has 1 aromatic heterocycles. The molecule has 1 aliphatic rings. The predicted molar refractivity (Wildman–Crippen MR) is 128 cm³/mol. The van der Waals surface area contributed by atoms with E-state index < -0.39 is 8.32 Å². The van der Waals surface area contributed by atoms with Crippen molar-refractivity contribution < 1.29 is 9.22 Å². The number of carbonyl (C=O) groups excluding carboxylic acids is 1. The van der Waals surface area contributed by atoms with Gasteiger partial charge in [0.1, 0.15) is 5.69 Å². The van der Waals surface area contributed by atoms with Gasteiger partial charge in [0.05, 0.1) is 6.33 Å². The maximum absolute atomic E-state index is 11.0. The fraction of sp³-hybridized carbons (Fsp3) is 0.385. The lowest BCUT2D eigenvalue weighted by molar-refractivity contribution is 0.111. The summed E-state index contributed by atoms with van der Waals surface area (Å²) < 4.78 is 9.38. The van der Waals surface area contributed by atoms with E-state index in [2.05, 4.69) is 91.0 Å². The van der Waals surface area contributed by atoms with E-state index in [-0.39, 0.29) is 11.1 Å². The van der Waals surface area contributed by atoms with Gasteiger partial charge in [0.15, 0.2) is 6.29 Å². The molecule has 1 heterocycles. The number of benzene rings is 2. The molecule has 3 aromatic rings. The van der Waals surface area contributed by atoms with Gasteiger partial charge in [-0.25, -0.2) is 4.98 Å². The first-order chi connectivity index (χ1) is 14.9. The van der Waals surface area contributed by atoms with E-state index in [9.17, 15) is 4.79 Å². The Morgan fingerprint density at radius 2 is 1.48 bits per heavy atom. The van der Waals surface area contributed by atoms with Crippen molar-refractivity contribution >= 4 is 25.0 Å². The quantitative estimate of drug-likeness (QED) is 0.417. The third kappa shape index (κ3) is 4.30. The number of hydrogen-bond donors (Lipinski definition) is 0. The molecule has 0 saturated heterocycles. The summed E-state index contributed by atoms with van der Waals surface area (Å²) in [6.45, 7) is 6.99. The second-order valence-corrected chi connectivity index (χ2v) is 13.8. The summed E-state index contributed by atoms with van der Waals surface area (Å²) in [5.74, 6) is 0. The summed E-state index contributed by atoms with van der Waals surface area (Å²) >= 11 is 0. The molecule has 0 N–H and O–H groups in total. The zero-order valence-corrected chi connectivity index (χ0v) is 19.7. The molecule has 0 bridgehead atoms. The fourth-order valence-electron chi connectivity index (χ4n) is 5.02. The lowest BCUT2D eigenvalue weighted by Gasteiger charge is -2.46. The van der Waals surface area contributed by atoms with Crippen LogP contribution in [0.2, 0.25) is 5.04 Å². The second-order valence-electron chi connectivity index (χ2n) is 9.58. The summed E-state index contributed by atoms with van der Waals surface area (Å²) in [6.07, 6.45) is 8.81. The van der Waals surface area contributed by atoms with Crippen molar-refractivity contribution in [1.82, 2.24) is 9.55 Å². The van der Waals surface area contributed by atoms with Gasteiger partial charge < -0.3 is 8.99 Å². The molecule has 1 saturated carbocycles. The summed E-state index contributed by atoms with van der Waals surface area (Å²) in [5.41, 5.74) is 0.505. The number of rotatable bonds is 6. The molecular weight excluding hydrogens is 400 g/mol. The Bertz CT molecular complexity index is 948. The van der Waals surface area contributed by atoms with Crippen LogP contribution in [0.1, 0.15) is 63.0 Å². The topological polar surface area (TPSA) is 44.1 Å². The number of imidazole rings is 1. The first-order valence-electron chi connectivity index (χ1n) is 11.2. The van der Waals surface area contributed by atoms with Gasteiger partial charge >= 0.3 is 0 Å². The van der Waals surface area contributed by atoms with Gasteiger partial charge in [-0.3, -0.25) is 4.79 Å². The standard InChI is InChI=1S/C26H32N2O2Si/c1-26(2,3)31(24-10-6-4-7-11-24,25-12-8-5-9-13-25)30-23-16-14-22(15-17-23)28-18-21(19-29)27-20-28/h4-13,18-20,22-23H,14-17H2,1-3H3. The number of carbonyl (C=O) groups is 1. The average Bonchev–Trinajstić information content (AvgIpc) is 3.28. The van der Waals surface area contributed by atoms with Gasteiger partial charge in [0.2, 0.25) is 0 Å². The zero-order chi connectivity index (χ0) is 21.9. The van der Waals surface area contributed by atoms with Crippen LogP contribution in [0.5, 0.6) is 0 Å². The molecule has 2 aromatic carbocycles. The van der Waals surface area contributed by atoms with E-state index in [4.69, 9.17) is 4.43 Å². The van der Waals surface area contributed by atoms with Crippen molar-refractivity contribution in [2.24, 2.45) is 0 Å². The Morgan fingerprint density at radius 3 is 1.94 bits per heavy atom. The molecular formula is C26H32N2O2Si. The van der Waals surface area contributed by atoms with Crippen molar-refractivity contribution in [2.45, 2.75) is 63.6 Å². The van der Waals surface area contributed by atoms with Gasteiger partial charge in [-0.1, -0.05) is 81.4 Å². The number of aromatic nitrogens is 2. The smallest absolute Gasteiger partial charge is 0.261 e. The molecule has 0 spiro atoms. The van der Waals surface area contributed by atoms with Crippen LogP contribution in [0.4, 0.5) is 0 Å². The maximum Gasteiger partial charge on any atom is 0.261 e. The van der Waals surface area contributed by atoms with Crippen LogP contribution in [0.15, 0.2) is 73.2 Å². The highest BCUT2D eigenvalue weighted by Crippen LogP contribution is 2.40. The van der Waals surface area contributed by atoms with E-state index in [0.29, 0.717) is 11.7 Å². The minimum atomic E-state index is -2.51. The Morgan fingerprint density at radius 1 is 0.935 bits per heavy atom.